The van der Waals surface area contributed by atoms with Crippen molar-refractivity contribution < 1.29 is 4.39 Å². The van der Waals surface area contributed by atoms with Gasteiger partial charge in [0.05, 0.1) is 17.7 Å². The van der Waals surface area contributed by atoms with Crippen LogP contribution in [0.25, 0.3) is 17.2 Å². The summed E-state index contributed by atoms with van der Waals surface area (Å²) < 4.78 is 13.4. The normalized spacial score (nSPS) is 28.0. The SMILES string of the molecule is N#C[C@H]1C[C@H]2CCCC[C@H]2[C@@H]1/C=C/c1ccc(-c2cccc(F)c2)cn1. The molecule has 0 bridgehead atoms. The Hall–Kier alpha value is -2.47. The Labute approximate surface area is 154 Å². The first-order valence-electron chi connectivity index (χ1n) is 9.54. The van der Waals surface area contributed by atoms with Gasteiger partial charge < -0.3 is 0 Å². The van der Waals surface area contributed by atoms with E-state index in [9.17, 15) is 9.65 Å². The van der Waals surface area contributed by atoms with Crippen LogP contribution in [0.5, 0.6) is 0 Å². The lowest BCUT2D eigenvalue weighted by Crippen LogP contribution is -2.19. The van der Waals surface area contributed by atoms with Gasteiger partial charge in [-0.3, -0.25) is 4.98 Å². The fourth-order valence-corrected chi connectivity index (χ4v) is 4.79. The van der Waals surface area contributed by atoms with Crippen LogP contribution in [0.1, 0.15) is 37.8 Å². The smallest absolute Gasteiger partial charge is 0.123 e. The zero-order valence-electron chi connectivity index (χ0n) is 14.8. The number of nitrogens with zero attached hydrogens (tertiary/aromatic N) is 2. The molecule has 0 spiro atoms. The van der Waals surface area contributed by atoms with Gasteiger partial charge in [0.15, 0.2) is 0 Å². The molecule has 26 heavy (non-hydrogen) atoms. The zero-order chi connectivity index (χ0) is 17.9. The van der Waals surface area contributed by atoms with Gasteiger partial charge >= 0.3 is 0 Å². The standard InChI is InChI=1S/C23H23FN2/c24-20-6-3-5-16(13-20)18-8-9-21(26-15-18)10-11-23-19(14-25)12-17-4-1-2-7-22(17)23/h3,5-6,8-11,13,15,17,19,22-23H,1-2,4,7,12H2/b11-10+/t17-,19-,22-,23-/m1/s1. The Morgan fingerprint density at radius 3 is 2.77 bits per heavy atom. The highest BCUT2D eigenvalue weighted by Crippen LogP contribution is 2.49. The highest BCUT2D eigenvalue weighted by Gasteiger charge is 2.42. The number of fused-ring (bicyclic) bond motifs is 1. The van der Waals surface area contributed by atoms with Crippen LogP contribution in [-0.4, -0.2) is 4.98 Å². The molecule has 2 saturated carbocycles. The fraction of sp³-hybridized carbons (Fsp3) is 0.391. The molecule has 0 N–H and O–H groups in total. The first kappa shape index (κ1) is 17.0. The third-order valence-electron chi connectivity index (χ3n) is 6.08. The van der Waals surface area contributed by atoms with Crippen molar-refractivity contribution in [1.29, 1.82) is 5.26 Å². The van der Waals surface area contributed by atoms with E-state index in [1.807, 2.05) is 18.2 Å². The maximum absolute atomic E-state index is 13.4. The molecule has 4 rings (SSSR count). The van der Waals surface area contributed by atoms with Crippen molar-refractivity contribution in [2.45, 2.75) is 32.1 Å². The molecular weight excluding hydrogens is 323 g/mol. The van der Waals surface area contributed by atoms with Crippen LogP contribution >= 0.6 is 0 Å². The Morgan fingerprint density at radius 1 is 1.12 bits per heavy atom. The number of allylic oxidation sites excluding steroid dienone is 1. The maximum Gasteiger partial charge on any atom is 0.123 e. The van der Waals surface area contributed by atoms with Crippen molar-refractivity contribution in [2.24, 2.45) is 23.7 Å². The summed E-state index contributed by atoms with van der Waals surface area (Å²) in [6, 6.07) is 13.0. The van der Waals surface area contributed by atoms with Crippen LogP contribution in [-0.2, 0) is 0 Å². The Kier molecular flexibility index (Phi) is 4.84. The van der Waals surface area contributed by atoms with Crippen LogP contribution in [0.15, 0.2) is 48.7 Å². The largest absolute Gasteiger partial charge is 0.256 e. The van der Waals surface area contributed by atoms with E-state index in [-0.39, 0.29) is 11.7 Å². The van der Waals surface area contributed by atoms with E-state index in [2.05, 4.69) is 23.2 Å². The monoisotopic (exact) mass is 346 g/mol. The third-order valence-corrected chi connectivity index (χ3v) is 6.08. The highest BCUT2D eigenvalue weighted by atomic mass is 19.1. The second-order valence-electron chi connectivity index (χ2n) is 7.60. The summed E-state index contributed by atoms with van der Waals surface area (Å²) in [5.74, 6) is 1.65. The number of nitriles is 1. The summed E-state index contributed by atoms with van der Waals surface area (Å²) in [4.78, 5) is 4.51. The molecule has 4 atom stereocenters. The predicted molar refractivity (Wildman–Crippen MR) is 101 cm³/mol. The average molecular weight is 346 g/mol. The number of aromatic nitrogens is 1. The van der Waals surface area contributed by atoms with Gasteiger partial charge in [0.1, 0.15) is 5.82 Å². The molecule has 2 fully saturated rings. The minimum atomic E-state index is -0.239. The topological polar surface area (TPSA) is 36.7 Å². The van der Waals surface area contributed by atoms with E-state index in [1.54, 1.807) is 12.3 Å². The minimum absolute atomic E-state index is 0.144. The van der Waals surface area contributed by atoms with Crippen LogP contribution in [0, 0.1) is 40.8 Å². The van der Waals surface area contributed by atoms with Crippen molar-refractivity contribution in [1.82, 2.24) is 4.98 Å². The van der Waals surface area contributed by atoms with E-state index in [1.165, 1.54) is 37.8 Å². The molecule has 0 aliphatic heterocycles. The van der Waals surface area contributed by atoms with Crippen LogP contribution in [0.2, 0.25) is 0 Å². The van der Waals surface area contributed by atoms with Crippen molar-refractivity contribution in [2.75, 3.05) is 0 Å². The van der Waals surface area contributed by atoms with Crippen LogP contribution in [0.3, 0.4) is 0 Å². The summed E-state index contributed by atoms with van der Waals surface area (Å²) in [6.07, 6.45) is 12.3. The Balaban J connectivity index is 1.50. The van der Waals surface area contributed by atoms with Gasteiger partial charge in [-0.1, -0.05) is 43.5 Å². The Morgan fingerprint density at radius 2 is 2.00 bits per heavy atom. The molecule has 2 aromatic rings. The lowest BCUT2D eigenvalue weighted by molar-refractivity contribution is 0.249. The maximum atomic E-state index is 13.4. The fourth-order valence-electron chi connectivity index (χ4n) is 4.79. The number of rotatable bonds is 3. The molecule has 2 nitrogen and oxygen atoms in total. The number of pyridine rings is 1. The minimum Gasteiger partial charge on any atom is -0.256 e. The molecule has 2 aliphatic carbocycles. The van der Waals surface area contributed by atoms with E-state index >= 15 is 0 Å². The molecule has 0 saturated heterocycles. The molecule has 0 amide bonds. The zero-order valence-corrected chi connectivity index (χ0v) is 14.8. The average Bonchev–Trinajstić information content (AvgIpc) is 3.04. The second-order valence-corrected chi connectivity index (χ2v) is 7.60. The third kappa shape index (κ3) is 3.42. The lowest BCUT2D eigenvalue weighted by atomic mass is 9.77. The van der Waals surface area contributed by atoms with Gasteiger partial charge in [-0.25, -0.2) is 4.39 Å². The molecular formula is C23H23FN2. The molecule has 132 valence electrons. The van der Waals surface area contributed by atoms with E-state index in [0.717, 1.165) is 29.2 Å². The van der Waals surface area contributed by atoms with E-state index in [0.29, 0.717) is 11.8 Å². The van der Waals surface area contributed by atoms with Gasteiger partial charge in [-0.05, 0) is 60.4 Å². The quantitative estimate of drug-likeness (QED) is 0.697. The van der Waals surface area contributed by atoms with E-state index in [4.69, 9.17) is 0 Å². The van der Waals surface area contributed by atoms with Crippen molar-refractivity contribution in [3.05, 3.63) is 60.2 Å². The first-order chi connectivity index (χ1) is 12.7. The molecule has 3 heteroatoms. The molecule has 1 heterocycles. The van der Waals surface area contributed by atoms with Crippen LogP contribution < -0.4 is 0 Å². The molecule has 1 aromatic heterocycles. The summed E-state index contributed by atoms with van der Waals surface area (Å²) in [5, 5.41) is 9.54. The second kappa shape index (κ2) is 7.41. The Bertz CT molecular complexity index is 834. The van der Waals surface area contributed by atoms with Gasteiger partial charge in [-0.2, -0.15) is 5.26 Å². The summed E-state index contributed by atoms with van der Waals surface area (Å²) in [7, 11) is 0. The first-order valence-corrected chi connectivity index (χ1v) is 9.54. The molecule has 0 unspecified atom stereocenters. The van der Waals surface area contributed by atoms with Crippen molar-refractivity contribution in [3.63, 3.8) is 0 Å². The summed E-state index contributed by atoms with van der Waals surface area (Å²) >= 11 is 0. The molecule has 1 aromatic carbocycles. The van der Waals surface area contributed by atoms with Gasteiger partial charge in [0.2, 0.25) is 0 Å². The van der Waals surface area contributed by atoms with Crippen molar-refractivity contribution in [3.8, 4) is 17.2 Å². The van der Waals surface area contributed by atoms with Crippen molar-refractivity contribution >= 4 is 6.08 Å². The number of hydrogen-bond donors (Lipinski definition) is 0. The number of halogens is 1. The van der Waals surface area contributed by atoms with Gasteiger partial charge in [0, 0.05) is 11.8 Å². The predicted octanol–water partition coefficient (Wildman–Crippen LogP) is 5.87. The molecule has 2 aliphatic rings. The highest BCUT2D eigenvalue weighted by molar-refractivity contribution is 5.63. The summed E-state index contributed by atoms with van der Waals surface area (Å²) in [6.45, 7) is 0. The van der Waals surface area contributed by atoms with E-state index < -0.39 is 0 Å². The lowest BCUT2D eigenvalue weighted by Gasteiger charge is -2.27. The number of hydrogen-bond acceptors (Lipinski definition) is 2. The van der Waals surface area contributed by atoms with Gasteiger partial charge in [-0.15, -0.1) is 0 Å². The number of benzene rings is 1. The van der Waals surface area contributed by atoms with Gasteiger partial charge in [0.25, 0.3) is 0 Å². The summed E-state index contributed by atoms with van der Waals surface area (Å²) in [5.41, 5.74) is 2.63. The van der Waals surface area contributed by atoms with Crippen LogP contribution in [0.4, 0.5) is 4.39 Å². The molecule has 0 radical (unpaired) electrons.